The number of halogens is 1. The van der Waals surface area contributed by atoms with E-state index in [1.165, 1.54) is 0 Å². The van der Waals surface area contributed by atoms with Gasteiger partial charge >= 0.3 is 5.97 Å². The Bertz CT molecular complexity index is 152. The van der Waals surface area contributed by atoms with Crippen LogP contribution in [0.4, 0.5) is 4.39 Å². The van der Waals surface area contributed by atoms with Gasteiger partial charge in [0.1, 0.15) is 0 Å². The molecule has 0 bridgehead atoms. The maximum Gasteiger partial charge on any atom is 0.364 e. The van der Waals surface area contributed by atoms with Crippen molar-refractivity contribution >= 4 is 5.97 Å². The summed E-state index contributed by atoms with van der Waals surface area (Å²) < 4.78 is 12.2. The van der Waals surface area contributed by atoms with E-state index in [2.05, 4.69) is 0 Å². The number of hydrogen-bond donors (Lipinski definition) is 1. The van der Waals surface area contributed by atoms with Crippen molar-refractivity contribution in [2.45, 2.75) is 20.3 Å². The maximum absolute atomic E-state index is 12.2. The van der Waals surface area contributed by atoms with E-state index in [-0.39, 0.29) is 5.92 Å². The van der Waals surface area contributed by atoms with Gasteiger partial charge in [0.25, 0.3) is 0 Å². The largest absolute Gasteiger partial charge is 0.476 e. The Labute approximate surface area is 59.4 Å². The van der Waals surface area contributed by atoms with Crippen LogP contribution in [0.3, 0.4) is 0 Å². The number of rotatable bonds is 3. The van der Waals surface area contributed by atoms with Gasteiger partial charge in [-0.15, -0.1) is 0 Å². The molecule has 0 aliphatic heterocycles. The minimum absolute atomic E-state index is 0.00361. The zero-order valence-corrected chi connectivity index (χ0v) is 6.10. The van der Waals surface area contributed by atoms with E-state index >= 15 is 0 Å². The fourth-order valence-corrected chi connectivity index (χ4v) is 0.439. The summed E-state index contributed by atoms with van der Waals surface area (Å²) >= 11 is 0. The van der Waals surface area contributed by atoms with Crippen molar-refractivity contribution in [2.75, 3.05) is 0 Å². The van der Waals surface area contributed by atoms with Crippen LogP contribution >= 0.6 is 0 Å². The molecule has 0 amide bonds. The second-order valence-electron chi connectivity index (χ2n) is 2.21. The lowest BCUT2D eigenvalue weighted by Crippen LogP contribution is -1.97. The Morgan fingerprint density at radius 1 is 1.80 bits per heavy atom. The summed E-state index contributed by atoms with van der Waals surface area (Å²) in [5.74, 6) is -2.55. The standard InChI is InChI=1S/C7H11FO2/c1-3-5(2)4-6(8)7(9)10/h4-5H,3H2,1-2H3,(H,9,10)/b6-4-. The Morgan fingerprint density at radius 2 is 2.30 bits per heavy atom. The number of carboxylic acid groups (broad SMARTS) is 1. The molecule has 0 spiro atoms. The first-order valence-electron chi connectivity index (χ1n) is 3.18. The Hall–Kier alpha value is -0.860. The topological polar surface area (TPSA) is 37.3 Å². The van der Waals surface area contributed by atoms with Gasteiger partial charge in [0, 0.05) is 0 Å². The molecule has 0 aromatic carbocycles. The Balaban J connectivity index is 4.02. The normalized spacial score (nSPS) is 14.9. The molecule has 1 N–H and O–H groups in total. The van der Waals surface area contributed by atoms with Crippen LogP contribution < -0.4 is 0 Å². The van der Waals surface area contributed by atoms with Crippen molar-refractivity contribution in [1.82, 2.24) is 0 Å². The molecule has 10 heavy (non-hydrogen) atoms. The van der Waals surface area contributed by atoms with Crippen LogP contribution in [-0.2, 0) is 4.79 Å². The number of carboxylic acids is 1. The van der Waals surface area contributed by atoms with Crippen molar-refractivity contribution in [2.24, 2.45) is 5.92 Å². The van der Waals surface area contributed by atoms with E-state index in [0.29, 0.717) is 0 Å². The van der Waals surface area contributed by atoms with Crippen LogP contribution in [0, 0.1) is 5.92 Å². The summed E-state index contributed by atoms with van der Waals surface area (Å²) in [5.41, 5.74) is 0. The highest BCUT2D eigenvalue weighted by Gasteiger charge is 2.05. The third-order valence-corrected chi connectivity index (χ3v) is 1.28. The average Bonchev–Trinajstić information content (AvgIpc) is 1.87. The summed E-state index contributed by atoms with van der Waals surface area (Å²) in [5, 5.41) is 8.08. The minimum Gasteiger partial charge on any atom is -0.476 e. The Morgan fingerprint density at radius 3 is 2.60 bits per heavy atom. The zero-order valence-electron chi connectivity index (χ0n) is 6.10. The van der Waals surface area contributed by atoms with Gasteiger partial charge in [-0.1, -0.05) is 13.8 Å². The van der Waals surface area contributed by atoms with Gasteiger partial charge in [0.05, 0.1) is 0 Å². The molecule has 58 valence electrons. The molecule has 0 fully saturated rings. The third kappa shape index (κ3) is 3.22. The molecule has 3 heteroatoms. The minimum atomic E-state index is -1.49. The van der Waals surface area contributed by atoms with Crippen LogP contribution in [-0.4, -0.2) is 11.1 Å². The average molecular weight is 146 g/mol. The van der Waals surface area contributed by atoms with E-state index in [9.17, 15) is 9.18 Å². The van der Waals surface area contributed by atoms with Gasteiger partial charge in [0.2, 0.25) is 5.83 Å². The second kappa shape index (κ2) is 4.04. The van der Waals surface area contributed by atoms with E-state index < -0.39 is 11.8 Å². The molecular weight excluding hydrogens is 135 g/mol. The van der Waals surface area contributed by atoms with Gasteiger partial charge < -0.3 is 5.11 Å². The predicted octanol–water partition coefficient (Wildman–Crippen LogP) is 1.97. The monoisotopic (exact) mass is 146 g/mol. The summed E-state index contributed by atoms with van der Waals surface area (Å²) in [7, 11) is 0. The number of aliphatic carboxylic acids is 1. The molecular formula is C7H11FO2. The Kier molecular flexibility index (Phi) is 3.69. The summed E-state index contributed by atoms with van der Waals surface area (Å²) in [6.07, 6.45) is 1.86. The number of allylic oxidation sites excluding steroid dienone is 1. The highest BCUT2D eigenvalue weighted by atomic mass is 19.1. The predicted molar refractivity (Wildman–Crippen MR) is 36.3 cm³/mol. The summed E-state index contributed by atoms with van der Waals surface area (Å²) in [6.45, 7) is 3.64. The highest BCUT2D eigenvalue weighted by Crippen LogP contribution is 2.07. The van der Waals surface area contributed by atoms with Gasteiger partial charge in [0.15, 0.2) is 0 Å². The lowest BCUT2D eigenvalue weighted by molar-refractivity contribution is -0.134. The molecule has 0 rings (SSSR count). The first kappa shape index (κ1) is 9.14. The molecule has 0 aromatic heterocycles. The van der Waals surface area contributed by atoms with Crippen LogP contribution in [0.15, 0.2) is 11.9 Å². The molecule has 0 heterocycles. The third-order valence-electron chi connectivity index (χ3n) is 1.28. The van der Waals surface area contributed by atoms with Crippen LogP contribution in [0.25, 0.3) is 0 Å². The molecule has 2 nitrogen and oxygen atoms in total. The first-order chi connectivity index (χ1) is 4.57. The SMILES string of the molecule is CCC(C)/C=C(\F)C(=O)O. The van der Waals surface area contributed by atoms with E-state index in [1.54, 1.807) is 6.92 Å². The molecule has 0 aliphatic rings. The fraction of sp³-hybridized carbons (Fsp3) is 0.571. The second-order valence-corrected chi connectivity index (χ2v) is 2.21. The molecule has 0 aromatic rings. The number of hydrogen-bond acceptors (Lipinski definition) is 1. The van der Waals surface area contributed by atoms with Gasteiger partial charge in [-0.25, -0.2) is 4.79 Å². The quantitative estimate of drug-likeness (QED) is 0.618. The van der Waals surface area contributed by atoms with Gasteiger partial charge in [-0.3, -0.25) is 0 Å². The molecule has 0 saturated carbocycles. The van der Waals surface area contributed by atoms with E-state index in [0.717, 1.165) is 12.5 Å². The highest BCUT2D eigenvalue weighted by molar-refractivity contribution is 5.83. The maximum atomic E-state index is 12.2. The van der Waals surface area contributed by atoms with Gasteiger partial charge in [-0.2, -0.15) is 4.39 Å². The summed E-state index contributed by atoms with van der Waals surface area (Å²) in [6, 6.07) is 0. The number of carbonyl (C=O) groups is 1. The summed E-state index contributed by atoms with van der Waals surface area (Å²) in [4.78, 5) is 9.91. The van der Waals surface area contributed by atoms with E-state index in [4.69, 9.17) is 5.11 Å². The van der Waals surface area contributed by atoms with E-state index in [1.807, 2.05) is 6.92 Å². The van der Waals surface area contributed by atoms with Crippen molar-refractivity contribution in [3.8, 4) is 0 Å². The fourth-order valence-electron chi connectivity index (χ4n) is 0.439. The van der Waals surface area contributed by atoms with Crippen LogP contribution in [0.1, 0.15) is 20.3 Å². The smallest absolute Gasteiger partial charge is 0.364 e. The molecule has 1 unspecified atom stereocenters. The first-order valence-corrected chi connectivity index (χ1v) is 3.18. The van der Waals surface area contributed by atoms with Crippen molar-refractivity contribution in [3.63, 3.8) is 0 Å². The molecule has 0 saturated heterocycles. The lowest BCUT2D eigenvalue weighted by Gasteiger charge is -1.98. The van der Waals surface area contributed by atoms with Crippen LogP contribution in [0.5, 0.6) is 0 Å². The van der Waals surface area contributed by atoms with Gasteiger partial charge in [-0.05, 0) is 18.4 Å². The lowest BCUT2D eigenvalue weighted by atomic mass is 10.1. The molecule has 0 radical (unpaired) electrons. The van der Waals surface area contributed by atoms with Crippen molar-refractivity contribution in [3.05, 3.63) is 11.9 Å². The van der Waals surface area contributed by atoms with Crippen molar-refractivity contribution < 1.29 is 14.3 Å². The zero-order chi connectivity index (χ0) is 8.15. The van der Waals surface area contributed by atoms with Crippen LogP contribution in [0.2, 0.25) is 0 Å². The molecule has 0 aliphatic carbocycles. The molecule has 1 atom stereocenters. The van der Waals surface area contributed by atoms with Crippen molar-refractivity contribution in [1.29, 1.82) is 0 Å².